The minimum atomic E-state index is -3.31. The number of halogens is 3. The predicted molar refractivity (Wildman–Crippen MR) is 139 cm³/mol. The van der Waals surface area contributed by atoms with E-state index >= 15 is 4.39 Å². The fraction of sp³-hybridized carbons (Fsp3) is 0.269. The Morgan fingerprint density at radius 1 is 1.11 bits per heavy atom. The summed E-state index contributed by atoms with van der Waals surface area (Å²) in [5.41, 5.74) is 0.503. The fourth-order valence-corrected chi connectivity index (χ4v) is 5.99. The van der Waals surface area contributed by atoms with Crippen LogP contribution < -0.4 is 4.72 Å². The minimum absolute atomic E-state index is 0.00925. The Balaban J connectivity index is 1.33. The third-order valence-electron chi connectivity index (χ3n) is 6.82. The number of H-pyrrole nitrogens is 1. The first-order chi connectivity index (χ1) is 18.2. The van der Waals surface area contributed by atoms with Crippen molar-refractivity contribution in [2.24, 2.45) is 0 Å². The Bertz CT molecular complexity index is 1670. The lowest BCUT2D eigenvalue weighted by Gasteiger charge is -2.22. The Morgan fingerprint density at radius 3 is 2.53 bits per heavy atom. The van der Waals surface area contributed by atoms with E-state index in [9.17, 15) is 17.8 Å². The van der Waals surface area contributed by atoms with Crippen LogP contribution >= 0.6 is 0 Å². The summed E-state index contributed by atoms with van der Waals surface area (Å²) in [5.74, 6) is 1.55. The number of nitrogens with one attached hydrogen (secondary N) is 2. The first-order valence-electron chi connectivity index (χ1n) is 12.1. The van der Waals surface area contributed by atoms with Crippen molar-refractivity contribution in [2.45, 2.75) is 31.4 Å². The number of aromatic amines is 1. The summed E-state index contributed by atoms with van der Waals surface area (Å²) in [6, 6.07) is 3.63. The molecule has 3 aromatic heterocycles. The summed E-state index contributed by atoms with van der Waals surface area (Å²) in [6.07, 6.45) is 7.48. The van der Waals surface area contributed by atoms with Crippen molar-refractivity contribution in [1.82, 2.24) is 24.2 Å². The number of hydrogen-bond donors (Lipinski definition) is 2. The van der Waals surface area contributed by atoms with Crippen molar-refractivity contribution in [3.05, 3.63) is 71.6 Å². The van der Waals surface area contributed by atoms with E-state index in [0.717, 1.165) is 30.8 Å². The van der Waals surface area contributed by atoms with Gasteiger partial charge >= 0.3 is 0 Å². The van der Waals surface area contributed by atoms with Gasteiger partial charge in [0, 0.05) is 65.9 Å². The maximum absolute atomic E-state index is 15.5. The molecule has 0 bridgehead atoms. The van der Waals surface area contributed by atoms with Crippen LogP contribution in [0.1, 0.15) is 46.9 Å². The highest BCUT2D eigenvalue weighted by Gasteiger charge is 2.30. The standard InChI is InChI=1S/C26H23F3N6O2S/c1-38(37,35-7-6-17(27)13-35)34-21-5-4-20(28)22(23(21)29)24(36)19-12-33-26-18(19)8-15(9-32-26)16-10-30-25(31-11-16)14-2-3-14/h4-5,8-12,14,17H,1-3,6-7,13H2,(H,32,33)(H,34,37)/t17-,38?/m0/s1. The fourth-order valence-electron chi connectivity index (χ4n) is 4.55. The van der Waals surface area contributed by atoms with Crippen molar-refractivity contribution in [1.29, 1.82) is 0 Å². The van der Waals surface area contributed by atoms with Gasteiger partial charge in [-0.2, -0.15) is 0 Å². The number of ketones is 1. The van der Waals surface area contributed by atoms with Gasteiger partial charge in [-0.25, -0.2) is 36.6 Å². The number of rotatable bonds is 7. The molecule has 196 valence electrons. The van der Waals surface area contributed by atoms with Crippen molar-refractivity contribution in [2.75, 3.05) is 17.8 Å². The second-order valence-electron chi connectivity index (χ2n) is 9.56. The number of fused-ring (bicyclic) bond motifs is 1. The highest BCUT2D eigenvalue weighted by molar-refractivity contribution is 7.99. The van der Waals surface area contributed by atoms with Crippen LogP contribution in [-0.2, 0) is 9.89 Å². The third-order valence-corrected chi connectivity index (χ3v) is 8.53. The monoisotopic (exact) mass is 540 g/mol. The lowest BCUT2D eigenvalue weighted by molar-refractivity contribution is 0.103. The van der Waals surface area contributed by atoms with E-state index in [-0.39, 0.29) is 30.8 Å². The molecule has 2 fully saturated rings. The van der Waals surface area contributed by atoms with E-state index in [1.54, 1.807) is 24.7 Å². The predicted octanol–water partition coefficient (Wildman–Crippen LogP) is 4.41. The summed E-state index contributed by atoms with van der Waals surface area (Å²) in [7, 11) is -3.31. The second kappa shape index (κ2) is 9.21. The second-order valence-corrected chi connectivity index (χ2v) is 11.6. The smallest absolute Gasteiger partial charge is 0.201 e. The van der Waals surface area contributed by atoms with Crippen LogP contribution in [0.5, 0.6) is 0 Å². The Kier molecular flexibility index (Phi) is 5.95. The number of nitrogens with zero attached hydrogens (tertiary/aromatic N) is 4. The van der Waals surface area contributed by atoms with E-state index < -0.39 is 39.0 Å². The molecular weight excluding hydrogens is 517 g/mol. The normalized spacial score (nSPS) is 19.5. The number of pyridine rings is 1. The van der Waals surface area contributed by atoms with Crippen LogP contribution in [0.3, 0.4) is 0 Å². The molecule has 6 rings (SSSR count). The summed E-state index contributed by atoms with van der Waals surface area (Å²) < 4.78 is 60.7. The molecule has 12 heteroatoms. The first kappa shape index (κ1) is 24.6. The van der Waals surface area contributed by atoms with Gasteiger partial charge in [-0.3, -0.25) is 9.52 Å². The minimum Gasteiger partial charge on any atom is -0.345 e. The van der Waals surface area contributed by atoms with Crippen molar-refractivity contribution in [3.8, 4) is 11.1 Å². The van der Waals surface area contributed by atoms with Crippen molar-refractivity contribution >= 4 is 38.3 Å². The summed E-state index contributed by atoms with van der Waals surface area (Å²) in [4.78, 5) is 29.5. The van der Waals surface area contributed by atoms with Crippen LogP contribution in [0.15, 0.2) is 43.0 Å². The van der Waals surface area contributed by atoms with Crippen LogP contribution in [-0.4, -0.2) is 59.4 Å². The molecule has 0 amide bonds. The summed E-state index contributed by atoms with van der Waals surface area (Å²) >= 11 is 0. The number of carbonyl (C=O) groups excluding carboxylic acids is 1. The number of benzene rings is 1. The molecule has 0 radical (unpaired) electrons. The number of alkyl halides is 1. The zero-order valence-electron chi connectivity index (χ0n) is 20.1. The molecule has 1 saturated carbocycles. The molecule has 2 aliphatic rings. The average Bonchev–Trinajstić information content (AvgIpc) is 3.51. The van der Waals surface area contributed by atoms with E-state index in [1.807, 2.05) is 0 Å². The van der Waals surface area contributed by atoms with E-state index in [2.05, 4.69) is 30.5 Å². The molecule has 1 saturated heterocycles. The number of carbonyl (C=O) groups is 1. The van der Waals surface area contributed by atoms with Gasteiger partial charge in [0.2, 0.25) is 5.78 Å². The highest BCUT2D eigenvalue weighted by atomic mass is 32.2. The molecule has 4 aromatic rings. The van der Waals surface area contributed by atoms with Gasteiger partial charge in [0.05, 0.1) is 11.3 Å². The van der Waals surface area contributed by atoms with Gasteiger partial charge in [-0.15, -0.1) is 0 Å². The SMILES string of the molecule is C=S(=O)(Nc1ccc(F)c(C(=O)c2c[nH]c3ncc(-c4cnc(C5CC5)nc4)cc23)c1F)N1CC[C@H](F)C1. The number of hydrogen-bond acceptors (Lipinski definition) is 5. The molecule has 1 aromatic carbocycles. The Labute approximate surface area is 216 Å². The molecule has 1 unspecified atom stereocenters. The molecular formula is C26H23F3N6O2S. The van der Waals surface area contributed by atoms with Crippen LogP contribution in [0.25, 0.3) is 22.2 Å². The Morgan fingerprint density at radius 2 is 1.84 bits per heavy atom. The number of anilines is 1. The van der Waals surface area contributed by atoms with Crippen molar-refractivity contribution < 1.29 is 22.2 Å². The van der Waals surface area contributed by atoms with Gasteiger partial charge in [0.1, 0.15) is 33.4 Å². The van der Waals surface area contributed by atoms with Crippen molar-refractivity contribution in [3.63, 3.8) is 0 Å². The maximum atomic E-state index is 15.5. The largest absolute Gasteiger partial charge is 0.345 e. The van der Waals surface area contributed by atoms with Crippen LogP contribution in [0.2, 0.25) is 0 Å². The van der Waals surface area contributed by atoms with Gasteiger partial charge in [-0.05, 0) is 43.3 Å². The molecule has 4 heterocycles. The van der Waals surface area contributed by atoms with Gasteiger partial charge in [0.25, 0.3) is 0 Å². The Hall–Kier alpha value is -3.77. The van der Waals surface area contributed by atoms with Gasteiger partial charge in [0.15, 0.2) is 5.82 Å². The average molecular weight is 541 g/mol. The highest BCUT2D eigenvalue weighted by Crippen LogP contribution is 2.38. The lowest BCUT2D eigenvalue weighted by atomic mass is 10.0. The third kappa shape index (κ3) is 4.43. The van der Waals surface area contributed by atoms with Gasteiger partial charge in [-0.1, -0.05) is 0 Å². The van der Waals surface area contributed by atoms with E-state index in [4.69, 9.17) is 0 Å². The van der Waals surface area contributed by atoms with E-state index in [0.29, 0.717) is 28.1 Å². The molecule has 1 aliphatic heterocycles. The molecule has 2 atom stereocenters. The maximum Gasteiger partial charge on any atom is 0.201 e. The zero-order valence-corrected chi connectivity index (χ0v) is 20.9. The van der Waals surface area contributed by atoms with Crippen LogP contribution in [0, 0.1) is 11.6 Å². The molecule has 2 N–H and O–H groups in total. The van der Waals surface area contributed by atoms with Gasteiger partial charge < -0.3 is 4.98 Å². The molecule has 8 nitrogen and oxygen atoms in total. The molecule has 1 aliphatic carbocycles. The van der Waals surface area contributed by atoms with Crippen LogP contribution in [0.4, 0.5) is 18.9 Å². The lowest BCUT2D eigenvalue weighted by Crippen LogP contribution is -2.34. The topological polar surface area (TPSA) is 104 Å². The van der Waals surface area contributed by atoms with E-state index in [1.165, 1.54) is 10.5 Å². The number of aromatic nitrogens is 4. The first-order valence-corrected chi connectivity index (χ1v) is 13.8. The molecule has 0 spiro atoms. The zero-order chi connectivity index (χ0) is 26.6. The summed E-state index contributed by atoms with van der Waals surface area (Å²) in [5, 5.41) is 0.364. The quantitative estimate of drug-likeness (QED) is 0.267. The summed E-state index contributed by atoms with van der Waals surface area (Å²) in [6.45, 7) is 0.0487. The molecule has 38 heavy (non-hydrogen) atoms.